The minimum Gasteiger partial charge on any atom is -0.481 e. The molecule has 0 aliphatic carbocycles. The van der Waals surface area contributed by atoms with Gasteiger partial charge in [-0.1, -0.05) is 135 Å². The minimum atomic E-state index is -1.27. The zero-order valence-corrected chi connectivity index (χ0v) is 25.0. The van der Waals surface area contributed by atoms with Crippen molar-refractivity contribution in [3.63, 3.8) is 0 Å². The molecule has 6 atom stereocenters. The monoisotopic (exact) mass is 558 g/mol. The van der Waals surface area contributed by atoms with E-state index >= 15 is 0 Å². The highest BCUT2D eigenvalue weighted by atomic mass is 16.5. The molecule has 0 radical (unpaired) electrons. The predicted octanol–water partition coefficient (Wildman–Crippen LogP) is 6.52. The molecule has 0 bridgehead atoms. The van der Waals surface area contributed by atoms with Gasteiger partial charge in [-0.2, -0.15) is 0 Å². The molecular formula is C32H62O7. The first-order valence-electron chi connectivity index (χ1n) is 16.5. The molecule has 5 N–H and O–H groups in total. The van der Waals surface area contributed by atoms with Gasteiger partial charge in [0, 0.05) is 0 Å². The fourth-order valence-electron chi connectivity index (χ4n) is 5.84. The minimum absolute atomic E-state index is 0.151. The van der Waals surface area contributed by atoms with Gasteiger partial charge in [-0.3, -0.25) is 4.79 Å². The highest BCUT2D eigenvalue weighted by molar-refractivity contribution is 5.69. The molecule has 6 unspecified atom stereocenters. The van der Waals surface area contributed by atoms with E-state index in [1.165, 1.54) is 89.9 Å². The van der Waals surface area contributed by atoms with Crippen LogP contribution in [0.1, 0.15) is 155 Å². The van der Waals surface area contributed by atoms with Gasteiger partial charge in [-0.15, -0.1) is 0 Å². The van der Waals surface area contributed by atoms with Crippen LogP contribution in [0.15, 0.2) is 0 Å². The van der Waals surface area contributed by atoms with Gasteiger partial charge in [0.15, 0.2) is 0 Å². The lowest BCUT2D eigenvalue weighted by Crippen LogP contribution is -2.58. The number of hydrogen-bond acceptors (Lipinski definition) is 6. The molecule has 7 nitrogen and oxygen atoms in total. The van der Waals surface area contributed by atoms with Crippen molar-refractivity contribution < 1.29 is 35.1 Å². The number of aliphatic carboxylic acids is 1. The largest absolute Gasteiger partial charge is 0.481 e. The first-order chi connectivity index (χ1) is 18.9. The fraction of sp³-hybridized carbons (Fsp3) is 0.969. The summed E-state index contributed by atoms with van der Waals surface area (Å²) in [6, 6.07) is 0. The quantitative estimate of drug-likeness (QED) is 0.0765. The average Bonchev–Trinajstić information content (AvgIpc) is 2.93. The van der Waals surface area contributed by atoms with Crippen LogP contribution in [0.3, 0.4) is 0 Å². The van der Waals surface area contributed by atoms with Crippen LogP contribution in [-0.4, -0.2) is 68.6 Å². The average molecular weight is 559 g/mol. The lowest BCUT2D eigenvalue weighted by molar-refractivity contribution is -0.230. The lowest BCUT2D eigenvalue weighted by Gasteiger charge is -2.40. The van der Waals surface area contributed by atoms with Gasteiger partial charge in [0.1, 0.15) is 24.4 Å². The molecule has 0 spiro atoms. The molecule has 0 aromatic rings. The zero-order valence-electron chi connectivity index (χ0n) is 25.0. The number of aliphatic hydroxyl groups is 4. The molecule has 1 fully saturated rings. The molecule has 0 saturated carbocycles. The van der Waals surface area contributed by atoms with Crippen LogP contribution in [0.5, 0.6) is 0 Å². The van der Waals surface area contributed by atoms with Crippen LogP contribution in [0.4, 0.5) is 0 Å². The highest BCUT2D eigenvalue weighted by Crippen LogP contribution is 2.25. The maximum absolute atomic E-state index is 11.6. The second-order valence-electron chi connectivity index (χ2n) is 12.0. The Hall–Kier alpha value is -0.730. The van der Waals surface area contributed by atoms with Crippen molar-refractivity contribution in [1.29, 1.82) is 0 Å². The molecule has 0 amide bonds. The van der Waals surface area contributed by atoms with Crippen molar-refractivity contribution >= 4 is 5.97 Å². The third-order valence-electron chi connectivity index (χ3n) is 8.54. The smallest absolute Gasteiger partial charge is 0.306 e. The Morgan fingerprint density at radius 2 is 0.974 bits per heavy atom. The van der Waals surface area contributed by atoms with Gasteiger partial charge < -0.3 is 30.3 Å². The van der Waals surface area contributed by atoms with Crippen molar-refractivity contribution in [1.82, 2.24) is 0 Å². The number of carboxylic acid groups (broad SMARTS) is 1. The first kappa shape index (κ1) is 36.3. The van der Waals surface area contributed by atoms with Crippen molar-refractivity contribution in [3.05, 3.63) is 0 Å². The van der Waals surface area contributed by atoms with Crippen LogP contribution in [0.2, 0.25) is 0 Å². The number of carboxylic acids is 1. The molecule has 1 heterocycles. The molecule has 1 saturated heterocycles. The third kappa shape index (κ3) is 17.0. The number of hydrogen-bond donors (Lipinski definition) is 5. The Kier molecular flexibility index (Phi) is 22.3. The van der Waals surface area contributed by atoms with E-state index in [1.807, 2.05) is 0 Å². The standard InChI is InChI=1S/C32H62O7/c1-2-3-4-5-6-13-16-19-22-26(32(37)38)23-20-17-14-11-9-7-8-10-12-15-18-21-24-27-29(34)31(36)30(35)28(25-33)39-27/h26-31,33-36H,2-25H2,1H3,(H,37,38). The Morgan fingerprint density at radius 3 is 1.38 bits per heavy atom. The topological polar surface area (TPSA) is 127 Å². The Labute approximate surface area is 238 Å². The zero-order chi connectivity index (χ0) is 28.7. The number of rotatable bonds is 26. The molecular weight excluding hydrogens is 496 g/mol. The van der Waals surface area contributed by atoms with Crippen LogP contribution < -0.4 is 0 Å². The number of ether oxygens (including phenoxy) is 1. The molecule has 39 heavy (non-hydrogen) atoms. The summed E-state index contributed by atoms with van der Waals surface area (Å²) >= 11 is 0. The molecule has 1 aliphatic rings. The molecule has 0 aromatic heterocycles. The summed E-state index contributed by atoms with van der Waals surface area (Å²) in [5, 5.41) is 48.6. The Bertz CT molecular complexity index is 571. The van der Waals surface area contributed by atoms with Gasteiger partial charge >= 0.3 is 5.97 Å². The molecule has 7 heteroatoms. The number of unbranched alkanes of at least 4 members (excludes halogenated alkanes) is 18. The molecule has 1 aliphatic heterocycles. The summed E-state index contributed by atoms with van der Waals surface area (Å²) in [7, 11) is 0. The van der Waals surface area contributed by atoms with Gasteiger partial charge in [0.2, 0.25) is 0 Å². The van der Waals surface area contributed by atoms with Gasteiger partial charge in [-0.05, 0) is 19.3 Å². The summed E-state index contributed by atoms with van der Waals surface area (Å²) in [6.07, 6.45) is 21.3. The molecule has 1 rings (SSSR count). The third-order valence-corrected chi connectivity index (χ3v) is 8.54. The highest BCUT2D eigenvalue weighted by Gasteiger charge is 2.42. The van der Waals surface area contributed by atoms with E-state index in [0.717, 1.165) is 51.4 Å². The van der Waals surface area contributed by atoms with E-state index in [9.17, 15) is 30.3 Å². The van der Waals surface area contributed by atoms with Crippen LogP contribution in [-0.2, 0) is 9.53 Å². The van der Waals surface area contributed by atoms with Crippen molar-refractivity contribution in [2.75, 3.05) is 6.61 Å². The fourth-order valence-corrected chi connectivity index (χ4v) is 5.84. The molecule has 0 aromatic carbocycles. The summed E-state index contributed by atoms with van der Waals surface area (Å²) in [5.41, 5.74) is 0. The van der Waals surface area contributed by atoms with Crippen molar-refractivity contribution in [2.45, 2.75) is 185 Å². The van der Waals surface area contributed by atoms with E-state index in [2.05, 4.69) is 6.92 Å². The van der Waals surface area contributed by atoms with E-state index < -0.39 is 36.5 Å². The van der Waals surface area contributed by atoms with Crippen LogP contribution >= 0.6 is 0 Å². The van der Waals surface area contributed by atoms with Crippen molar-refractivity contribution in [2.24, 2.45) is 5.92 Å². The second kappa shape index (κ2) is 23.9. The number of aliphatic hydroxyl groups excluding tert-OH is 4. The van der Waals surface area contributed by atoms with E-state index in [0.29, 0.717) is 6.42 Å². The first-order valence-corrected chi connectivity index (χ1v) is 16.5. The van der Waals surface area contributed by atoms with E-state index in [4.69, 9.17) is 4.74 Å². The second-order valence-corrected chi connectivity index (χ2v) is 12.0. The van der Waals surface area contributed by atoms with Gasteiger partial charge in [0.05, 0.1) is 18.6 Å². The summed E-state index contributed by atoms with van der Waals surface area (Å²) in [4.78, 5) is 11.6. The Morgan fingerprint density at radius 1 is 0.590 bits per heavy atom. The van der Waals surface area contributed by atoms with Crippen molar-refractivity contribution in [3.8, 4) is 0 Å². The predicted molar refractivity (Wildman–Crippen MR) is 157 cm³/mol. The maximum Gasteiger partial charge on any atom is 0.306 e. The van der Waals surface area contributed by atoms with E-state index in [1.54, 1.807) is 0 Å². The van der Waals surface area contributed by atoms with Gasteiger partial charge in [0.25, 0.3) is 0 Å². The van der Waals surface area contributed by atoms with Gasteiger partial charge in [-0.25, -0.2) is 0 Å². The Balaban J connectivity index is 1.91. The van der Waals surface area contributed by atoms with E-state index in [-0.39, 0.29) is 12.5 Å². The SMILES string of the molecule is CCCCCCCCCCC(CCCCCCCCCCCCCCC1OC(CO)C(O)C(O)C1O)C(=O)O. The normalized spacial score (nSPS) is 24.2. The van der Waals surface area contributed by atoms with Crippen LogP contribution in [0, 0.1) is 5.92 Å². The maximum atomic E-state index is 11.6. The summed E-state index contributed by atoms with van der Waals surface area (Å²) in [6.45, 7) is 1.87. The summed E-state index contributed by atoms with van der Waals surface area (Å²) < 4.78 is 5.56. The number of carbonyl (C=O) groups is 1. The van der Waals surface area contributed by atoms with Crippen LogP contribution in [0.25, 0.3) is 0 Å². The lowest BCUT2D eigenvalue weighted by atomic mass is 9.92. The molecule has 232 valence electrons. The summed E-state index contributed by atoms with van der Waals surface area (Å²) in [5.74, 6) is -0.755.